The average molecular weight is 329 g/mol. The molecule has 1 amide bonds. The first-order valence-electron chi connectivity index (χ1n) is 7.41. The number of benzene rings is 2. The van der Waals surface area contributed by atoms with Crippen molar-refractivity contribution in [3.8, 4) is 11.5 Å². The number of rotatable bonds is 7. The van der Waals surface area contributed by atoms with Gasteiger partial charge in [0, 0.05) is 6.42 Å². The van der Waals surface area contributed by atoms with Crippen LogP contribution in [-0.4, -0.2) is 35.2 Å². The molecule has 126 valence electrons. The smallest absolute Gasteiger partial charge is 0.326 e. The highest BCUT2D eigenvalue weighted by Crippen LogP contribution is 2.26. The normalized spacial score (nSPS) is 11.5. The average Bonchev–Trinajstić information content (AvgIpc) is 2.56. The molecule has 0 heterocycles. The second-order valence-electron chi connectivity index (χ2n) is 5.33. The lowest BCUT2D eigenvalue weighted by molar-refractivity contribution is -0.141. The zero-order valence-electron chi connectivity index (χ0n) is 13.2. The number of carbonyl (C=O) groups is 2. The van der Waals surface area contributed by atoms with Gasteiger partial charge in [-0.3, -0.25) is 4.79 Å². The van der Waals surface area contributed by atoms with E-state index in [0.717, 1.165) is 5.56 Å². The van der Waals surface area contributed by atoms with Gasteiger partial charge in [-0.25, -0.2) is 4.79 Å². The summed E-state index contributed by atoms with van der Waals surface area (Å²) in [5.41, 5.74) is 1.45. The molecule has 2 rings (SSSR count). The molecule has 0 aliphatic carbocycles. The van der Waals surface area contributed by atoms with Crippen LogP contribution in [0.2, 0.25) is 0 Å². The highest BCUT2D eigenvalue weighted by Gasteiger charge is 2.21. The maximum Gasteiger partial charge on any atom is 0.326 e. The van der Waals surface area contributed by atoms with Gasteiger partial charge in [-0.1, -0.05) is 36.4 Å². The first-order chi connectivity index (χ1) is 11.5. The van der Waals surface area contributed by atoms with Crippen LogP contribution < -0.4 is 10.1 Å². The fourth-order valence-electron chi connectivity index (χ4n) is 2.31. The quantitative estimate of drug-likeness (QED) is 0.719. The first kappa shape index (κ1) is 17.3. The van der Waals surface area contributed by atoms with Crippen molar-refractivity contribution < 1.29 is 24.5 Å². The molecule has 0 bridgehead atoms. The van der Waals surface area contributed by atoms with Gasteiger partial charge in [0.05, 0.1) is 13.5 Å². The van der Waals surface area contributed by atoms with E-state index in [9.17, 15) is 19.8 Å². The van der Waals surface area contributed by atoms with Crippen molar-refractivity contribution in [2.24, 2.45) is 0 Å². The molecule has 0 saturated carbocycles. The highest BCUT2D eigenvalue weighted by molar-refractivity contribution is 5.85. The molecular weight excluding hydrogens is 310 g/mol. The van der Waals surface area contributed by atoms with E-state index in [1.807, 2.05) is 18.2 Å². The first-order valence-corrected chi connectivity index (χ1v) is 7.41. The molecule has 2 aromatic rings. The largest absolute Gasteiger partial charge is 0.504 e. The number of methoxy groups -OCH3 is 1. The summed E-state index contributed by atoms with van der Waals surface area (Å²) in [6.45, 7) is 0. The standard InChI is InChI=1S/C18H19NO5/c1-24-16-10-13(7-8-15(16)20)9-14(18(22)23)19-17(21)11-12-5-3-2-4-6-12/h2-8,10,14,20H,9,11H2,1H3,(H,19,21)(H,22,23)/t14-/m0/s1. The van der Waals surface area contributed by atoms with Crippen LogP contribution in [0.25, 0.3) is 0 Å². The van der Waals surface area contributed by atoms with E-state index in [1.165, 1.54) is 13.2 Å². The lowest BCUT2D eigenvalue weighted by atomic mass is 10.0. The molecule has 1 atom stereocenters. The van der Waals surface area contributed by atoms with Gasteiger partial charge in [0.15, 0.2) is 11.5 Å². The van der Waals surface area contributed by atoms with E-state index >= 15 is 0 Å². The molecule has 0 aliphatic heterocycles. The number of carboxylic acids is 1. The van der Waals surface area contributed by atoms with Crippen LogP contribution in [0.5, 0.6) is 11.5 Å². The molecule has 0 fully saturated rings. The van der Waals surface area contributed by atoms with Gasteiger partial charge in [-0.05, 0) is 23.3 Å². The van der Waals surface area contributed by atoms with Gasteiger partial charge in [0.1, 0.15) is 6.04 Å². The molecule has 2 aromatic carbocycles. The fourth-order valence-corrected chi connectivity index (χ4v) is 2.31. The second-order valence-corrected chi connectivity index (χ2v) is 5.33. The van der Waals surface area contributed by atoms with E-state index in [1.54, 1.807) is 24.3 Å². The molecule has 0 radical (unpaired) electrons. The van der Waals surface area contributed by atoms with E-state index < -0.39 is 12.0 Å². The lowest BCUT2D eigenvalue weighted by Gasteiger charge is -2.15. The Hall–Kier alpha value is -3.02. The molecule has 0 saturated heterocycles. The van der Waals surface area contributed by atoms with Gasteiger partial charge in [0.25, 0.3) is 0 Å². The number of aliphatic carboxylic acids is 1. The highest BCUT2D eigenvalue weighted by atomic mass is 16.5. The van der Waals surface area contributed by atoms with Gasteiger partial charge >= 0.3 is 5.97 Å². The van der Waals surface area contributed by atoms with E-state index in [0.29, 0.717) is 5.56 Å². The van der Waals surface area contributed by atoms with E-state index in [2.05, 4.69) is 5.32 Å². The number of ether oxygens (including phenoxy) is 1. The number of hydrogen-bond acceptors (Lipinski definition) is 4. The van der Waals surface area contributed by atoms with Crippen molar-refractivity contribution in [1.82, 2.24) is 5.32 Å². The van der Waals surface area contributed by atoms with E-state index in [4.69, 9.17) is 4.74 Å². The van der Waals surface area contributed by atoms with Gasteiger partial charge in [0.2, 0.25) is 5.91 Å². The number of carbonyl (C=O) groups excluding carboxylic acids is 1. The Morgan fingerprint density at radius 2 is 1.83 bits per heavy atom. The Labute approximate surface area is 139 Å². The molecule has 3 N–H and O–H groups in total. The predicted octanol–water partition coefficient (Wildman–Crippen LogP) is 1.76. The van der Waals surface area contributed by atoms with Crippen molar-refractivity contribution >= 4 is 11.9 Å². The number of phenolic OH excluding ortho intramolecular Hbond substituents is 1. The molecule has 6 heteroatoms. The maximum absolute atomic E-state index is 12.1. The van der Waals surface area contributed by atoms with Crippen LogP contribution in [0.1, 0.15) is 11.1 Å². The van der Waals surface area contributed by atoms with Crippen LogP contribution in [0.3, 0.4) is 0 Å². The summed E-state index contributed by atoms with van der Waals surface area (Å²) in [4.78, 5) is 23.5. The van der Waals surface area contributed by atoms with Crippen molar-refractivity contribution in [3.63, 3.8) is 0 Å². The second kappa shape index (κ2) is 8.01. The summed E-state index contributed by atoms with van der Waals surface area (Å²) in [6, 6.07) is 12.6. The Morgan fingerprint density at radius 1 is 1.12 bits per heavy atom. The molecule has 0 spiro atoms. The summed E-state index contributed by atoms with van der Waals surface area (Å²) >= 11 is 0. The topological polar surface area (TPSA) is 95.9 Å². The summed E-state index contributed by atoms with van der Waals surface area (Å²) in [5.74, 6) is -1.25. The number of amides is 1. The number of phenols is 1. The molecular formula is C18H19NO5. The van der Waals surface area contributed by atoms with Gasteiger partial charge < -0.3 is 20.3 Å². The predicted molar refractivity (Wildman–Crippen MR) is 88.1 cm³/mol. The van der Waals surface area contributed by atoms with Crippen molar-refractivity contribution in [1.29, 1.82) is 0 Å². The zero-order chi connectivity index (χ0) is 17.5. The molecule has 6 nitrogen and oxygen atoms in total. The maximum atomic E-state index is 12.1. The lowest BCUT2D eigenvalue weighted by Crippen LogP contribution is -2.43. The summed E-state index contributed by atoms with van der Waals surface area (Å²) < 4.78 is 5.00. The molecule has 0 aliphatic rings. The van der Waals surface area contributed by atoms with Crippen molar-refractivity contribution in [2.75, 3.05) is 7.11 Å². The van der Waals surface area contributed by atoms with Crippen LogP contribution in [-0.2, 0) is 22.4 Å². The number of carboxylic acid groups (broad SMARTS) is 1. The van der Waals surface area contributed by atoms with E-state index in [-0.39, 0.29) is 30.2 Å². The minimum absolute atomic E-state index is 0.0266. The molecule has 0 aromatic heterocycles. The van der Waals surface area contributed by atoms with Crippen LogP contribution in [0, 0.1) is 0 Å². The third kappa shape index (κ3) is 4.74. The fraction of sp³-hybridized carbons (Fsp3) is 0.222. The summed E-state index contributed by atoms with van der Waals surface area (Å²) in [5, 5.41) is 21.4. The Balaban J connectivity index is 2.04. The number of aromatic hydroxyl groups is 1. The van der Waals surface area contributed by atoms with Crippen molar-refractivity contribution in [3.05, 3.63) is 59.7 Å². The molecule has 24 heavy (non-hydrogen) atoms. The number of hydrogen-bond donors (Lipinski definition) is 3. The Kier molecular flexibility index (Phi) is 5.78. The minimum Gasteiger partial charge on any atom is -0.504 e. The van der Waals surface area contributed by atoms with Gasteiger partial charge in [-0.15, -0.1) is 0 Å². The minimum atomic E-state index is -1.12. The van der Waals surface area contributed by atoms with Crippen LogP contribution in [0.15, 0.2) is 48.5 Å². The third-order valence-corrected chi connectivity index (χ3v) is 3.52. The SMILES string of the molecule is COc1cc(C[C@H](NC(=O)Cc2ccccc2)C(=O)O)ccc1O. The number of nitrogens with one attached hydrogen (secondary N) is 1. The van der Waals surface area contributed by atoms with Crippen LogP contribution in [0.4, 0.5) is 0 Å². The molecule has 0 unspecified atom stereocenters. The Bertz CT molecular complexity index is 715. The van der Waals surface area contributed by atoms with Crippen LogP contribution >= 0.6 is 0 Å². The third-order valence-electron chi connectivity index (χ3n) is 3.52. The summed E-state index contributed by atoms with van der Waals surface area (Å²) in [7, 11) is 1.41. The van der Waals surface area contributed by atoms with Crippen molar-refractivity contribution in [2.45, 2.75) is 18.9 Å². The summed E-state index contributed by atoms with van der Waals surface area (Å²) in [6.07, 6.45) is 0.204. The van der Waals surface area contributed by atoms with Gasteiger partial charge in [-0.2, -0.15) is 0 Å². The zero-order valence-corrected chi connectivity index (χ0v) is 13.2. The monoisotopic (exact) mass is 329 g/mol. The Morgan fingerprint density at radius 3 is 2.46 bits per heavy atom.